The Morgan fingerprint density at radius 1 is 1.12 bits per heavy atom. The van der Waals surface area contributed by atoms with E-state index in [9.17, 15) is 4.39 Å². The highest BCUT2D eigenvalue weighted by molar-refractivity contribution is 6.32. The molecule has 0 saturated carbocycles. The molecule has 0 unspecified atom stereocenters. The molecule has 144 valence electrons. The third-order valence-corrected chi connectivity index (χ3v) is 4.02. The van der Waals surface area contributed by atoms with Crippen LogP contribution in [0.2, 0.25) is 5.02 Å². The predicted molar refractivity (Wildman–Crippen MR) is 107 cm³/mol. The van der Waals surface area contributed by atoms with Crippen LogP contribution in [0.3, 0.4) is 0 Å². The molecular weight excluding hydrogens is 376 g/mol. The van der Waals surface area contributed by atoms with Gasteiger partial charge in [0.25, 0.3) is 0 Å². The number of halogens is 3. The van der Waals surface area contributed by atoms with E-state index in [0.717, 1.165) is 24.9 Å². The molecule has 0 aliphatic rings. The second-order valence-electron chi connectivity index (χ2n) is 5.75. The van der Waals surface area contributed by atoms with Gasteiger partial charge in [0, 0.05) is 12.1 Å². The van der Waals surface area contributed by atoms with Crippen LogP contribution in [0, 0.1) is 5.82 Å². The maximum atomic E-state index is 13.8. The average Bonchev–Trinajstić information content (AvgIpc) is 2.60. The Kier molecular flexibility index (Phi) is 10.4. The highest BCUT2D eigenvalue weighted by atomic mass is 35.5. The van der Waals surface area contributed by atoms with E-state index in [1.165, 1.54) is 6.07 Å². The first-order valence-corrected chi connectivity index (χ1v) is 9.05. The summed E-state index contributed by atoms with van der Waals surface area (Å²) in [7, 11) is 0. The minimum Gasteiger partial charge on any atom is -0.490 e. The van der Waals surface area contributed by atoms with Crippen LogP contribution in [0.25, 0.3) is 0 Å². The van der Waals surface area contributed by atoms with Crippen LogP contribution in [0.15, 0.2) is 36.4 Å². The van der Waals surface area contributed by atoms with Gasteiger partial charge >= 0.3 is 0 Å². The van der Waals surface area contributed by atoms with Crippen LogP contribution >= 0.6 is 24.0 Å². The number of benzene rings is 2. The molecule has 0 fully saturated rings. The zero-order valence-corrected chi connectivity index (χ0v) is 16.8. The van der Waals surface area contributed by atoms with E-state index in [4.69, 9.17) is 21.1 Å². The molecule has 0 heterocycles. The lowest BCUT2D eigenvalue weighted by atomic mass is 10.2. The van der Waals surface area contributed by atoms with E-state index in [0.29, 0.717) is 35.2 Å². The van der Waals surface area contributed by atoms with Crippen molar-refractivity contribution in [1.82, 2.24) is 5.32 Å². The second kappa shape index (κ2) is 12.0. The first-order chi connectivity index (χ1) is 12.2. The summed E-state index contributed by atoms with van der Waals surface area (Å²) in [5.41, 5.74) is 1.51. The normalized spacial score (nSPS) is 10.3. The van der Waals surface area contributed by atoms with Gasteiger partial charge in [0.1, 0.15) is 12.4 Å². The van der Waals surface area contributed by atoms with Gasteiger partial charge in [0.15, 0.2) is 11.5 Å². The minimum absolute atomic E-state index is 0. The summed E-state index contributed by atoms with van der Waals surface area (Å²) in [6.45, 7) is 6.34. The molecule has 0 saturated heterocycles. The van der Waals surface area contributed by atoms with Crippen LogP contribution in [0.4, 0.5) is 4.39 Å². The summed E-state index contributed by atoms with van der Waals surface area (Å²) < 4.78 is 25.2. The van der Waals surface area contributed by atoms with Gasteiger partial charge in [0.2, 0.25) is 0 Å². The van der Waals surface area contributed by atoms with E-state index >= 15 is 0 Å². The topological polar surface area (TPSA) is 30.5 Å². The second-order valence-corrected chi connectivity index (χ2v) is 6.16. The maximum Gasteiger partial charge on any atom is 0.180 e. The number of ether oxygens (including phenoxy) is 2. The van der Waals surface area contributed by atoms with Crippen LogP contribution in [-0.4, -0.2) is 13.2 Å². The lowest BCUT2D eigenvalue weighted by Crippen LogP contribution is -2.14. The number of hydrogen-bond acceptors (Lipinski definition) is 3. The van der Waals surface area contributed by atoms with Crippen molar-refractivity contribution in [2.75, 3.05) is 13.2 Å². The fourth-order valence-electron chi connectivity index (χ4n) is 2.43. The SMILES string of the molecule is CCCCNCc1cc(Cl)c(OCc2ccccc2F)c(OCC)c1.Cl. The van der Waals surface area contributed by atoms with Crippen LogP contribution in [-0.2, 0) is 13.2 Å². The van der Waals surface area contributed by atoms with Crippen molar-refractivity contribution in [3.63, 3.8) is 0 Å². The lowest BCUT2D eigenvalue weighted by Gasteiger charge is -2.16. The van der Waals surface area contributed by atoms with E-state index in [-0.39, 0.29) is 24.8 Å². The first-order valence-electron chi connectivity index (χ1n) is 8.67. The third kappa shape index (κ3) is 6.67. The van der Waals surface area contributed by atoms with Crippen LogP contribution < -0.4 is 14.8 Å². The summed E-state index contributed by atoms with van der Waals surface area (Å²) in [5, 5.41) is 3.85. The third-order valence-electron chi connectivity index (χ3n) is 3.74. The molecule has 0 atom stereocenters. The van der Waals surface area contributed by atoms with Crippen LogP contribution in [0.1, 0.15) is 37.8 Å². The van der Waals surface area contributed by atoms with Gasteiger partial charge in [-0.2, -0.15) is 0 Å². The predicted octanol–water partition coefficient (Wildman–Crippen LogP) is 5.77. The lowest BCUT2D eigenvalue weighted by molar-refractivity contribution is 0.266. The molecule has 0 bridgehead atoms. The average molecular weight is 402 g/mol. The summed E-state index contributed by atoms with van der Waals surface area (Å²) in [4.78, 5) is 0. The molecule has 2 aromatic rings. The van der Waals surface area contributed by atoms with E-state index in [1.54, 1.807) is 18.2 Å². The molecule has 2 aromatic carbocycles. The van der Waals surface area contributed by atoms with Crippen LogP contribution in [0.5, 0.6) is 11.5 Å². The van der Waals surface area contributed by atoms with Gasteiger partial charge in [0.05, 0.1) is 11.6 Å². The van der Waals surface area contributed by atoms with Gasteiger partial charge < -0.3 is 14.8 Å². The van der Waals surface area contributed by atoms with Crippen molar-refractivity contribution in [1.29, 1.82) is 0 Å². The van der Waals surface area contributed by atoms with Crippen molar-refractivity contribution in [3.05, 3.63) is 58.4 Å². The van der Waals surface area contributed by atoms with E-state index in [1.807, 2.05) is 19.1 Å². The zero-order chi connectivity index (χ0) is 18.1. The molecule has 6 heteroatoms. The number of rotatable bonds is 10. The van der Waals surface area contributed by atoms with Gasteiger partial charge in [-0.3, -0.25) is 0 Å². The molecule has 0 aliphatic carbocycles. The number of nitrogens with one attached hydrogen (secondary N) is 1. The number of hydrogen-bond donors (Lipinski definition) is 1. The monoisotopic (exact) mass is 401 g/mol. The standard InChI is InChI=1S/C20H25ClFNO2.ClH/c1-3-5-10-23-13-15-11-17(21)20(19(12-15)24-4-2)25-14-16-8-6-7-9-18(16)22;/h6-9,11-12,23H,3-5,10,13-14H2,1-2H3;1H. The van der Waals surface area contributed by atoms with Gasteiger partial charge in [-0.25, -0.2) is 4.39 Å². The summed E-state index contributed by atoms with van der Waals surface area (Å²) in [5.74, 6) is 0.732. The highest BCUT2D eigenvalue weighted by Crippen LogP contribution is 2.37. The van der Waals surface area contributed by atoms with E-state index < -0.39 is 0 Å². The largest absolute Gasteiger partial charge is 0.490 e. The van der Waals surface area contributed by atoms with Gasteiger partial charge in [-0.1, -0.05) is 43.1 Å². The minimum atomic E-state index is -0.298. The zero-order valence-electron chi connectivity index (χ0n) is 15.2. The van der Waals surface area contributed by atoms with Crippen molar-refractivity contribution in [3.8, 4) is 11.5 Å². The Labute approximate surface area is 166 Å². The Balaban J connectivity index is 0.00000338. The smallest absolute Gasteiger partial charge is 0.180 e. The summed E-state index contributed by atoms with van der Waals surface area (Å²) in [6.07, 6.45) is 2.29. The van der Waals surface area contributed by atoms with Crippen molar-refractivity contribution < 1.29 is 13.9 Å². The molecular formula is C20H26Cl2FNO2. The fourth-order valence-corrected chi connectivity index (χ4v) is 2.71. The van der Waals surface area contributed by atoms with Crippen molar-refractivity contribution in [2.45, 2.75) is 39.8 Å². The molecule has 0 spiro atoms. The van der Waals surface area contributed by atoms with Gasteiger partial charge in [-0.15, -0.1) is 12.4 Å². The van der Waals surface area contributed by atoms with Crippen molar-refractivity contribution in [2.24, 2.45) is 0 Å². The number of unbranched alkanes of at least 4 members (excludes halogenated alkanes) is 1. The fraction of sp³-hybridized carbons (Fsp3) is 0.400. The molecule has 2 rings (SSSR count). The molecule has 26 heavy (non-hydrogen) atoms. The molecule has 3 nitrogen and oxygen atoms in total. The molecule has 1 N–H and O–H groups in total. The first kappa shape index (κ1) is 22.6. The van der Waals surface area contributed by atoms with E-state index in [2.05, 4.69) is 12.2 Å². The Morgan fingerprint density at radius 3 is 2.58 bits per heavy atom. The Bertz CT molecular complexity index is 683. The molecule has 0 amide bonds. The van der Waals surface area contributed by atoms with Crippen molar-refractivity contribution >= 4 is 24.0 Å². The molecule has 0 radical (unpaired) electrons. The highest BCUT2D eigenvalue weighted by Gasteiger charge is 2.14. The molecule has 0 aliphatic heterocycles. The summed E-state index contributed by atoms with van der Waals surface area (Å²) >= 11 is 6.39. The summed E-state index contributed by atoms with van der Waals surface area (Å²) in [6, 6.07) is 10.3. The quantitative estimate of drug-likeness (QED) is 0.512. The maximum absolute atomic E-state index is 13.8. The Morgan fingerprint density at radius 2 is 1.88 bits per heavy atom. The Hall–Kier alpha value is -1.49. The van der Waals surface area contributed by atoms with Gasteiger partial charge in [-0.05, 0) is 43.7 Å². The molecule has 0 aromatic heterocycles.